The third kappa shape index (κ3) is 7.80. The molecule has 2 aliphatic rings. The van der Waals surface area contributed by atoms with Gasteiger partial charge in [0.25, 0.3) is 0 Å². The van der Waals surface area contributed by atoms with Crippen LogP contribution in [0, 0.1) is 35.5 Å². The predicted molar refractivity (Wildman–Crippen MR) is 132 cm³/mol. The lowest BCUT2D eigenvalue weighted by Gasteiger charge is -2.37. The van der Waals surface area contributed by atoms with Crippen molar-refractivity contribution in [3.8, 4) is 11.8 Å². The average molecular weight is 407 g/mol. The van der Waals surface area contributed by atoms with E-state index in [1.807, 2.05) is 0 Å². The standard InChI is InChI=1S/C30H46/c1-3-5-6-7-8-10-26-17-21-29(22-18-26)30-23-19-28(20-24-30)16-15-27-13-11-25(9-4-2)12-14-27/h11-14,26,28-30H,3-10,17-24H2,1-2H3/t26-,28?,29-,30?. The van der Waals surface area contributed by atoms with Gasteiger partial charge in [-0.1, -0.05) is 95.6 Å². The molecule has 30 heavy (non-hydrogen) atoms. The highest BCUT2D eigenvalue weighted by molar-refractivity contribution is 5.36. The lowest BCUT2D eigenvalue weighted by molar-refractivity contribution is 0.153. The van der Waals surface area contributed by atoms with Crippen molar-refractivity contribution in [2.24, 2.45) is 23.7 Å². The Labute approximate surface area is 187 Å². The Morgan fingerprint density at radius 3 is 1.97 bits per heavy atom. The van der Waals surface area contributed by atoms with Gasteiger partial charge in [-0.25, -0.2) is 0 Å². The molecule has 0 saturated heterocycles. The molecule has 0 aliphatic heterocycles. The molecule has 0 aromatic heterocycles. The van der Waals surface area contributed by atoms with Gasteiger partial charge in [-0.2, -0.15) is 0 Å². The van der Waals surface area contributed by atoms with Crippen LogP contribution in [-0.4, -0.2) is 0 Å². The second-order valence-electron chi connectivity index (χ2n) is 10.3. The van der Waals surface area contributed by atoms with Crippen molar-refractivity contribution >= 4 is 0 Å². The first kappa shape index (κ1) is 23.4. The van der Waals surface area contributed by atoms with E-state index in [-0.39, 0.29) is 0 Å². The molecule has 1 aromatic carbocycles. The number of aryl methyl sites for hydroxylation is 1. The largest absolute Gasteiger partial charge is 0.0945 e. The van der Waals surface area contributed by atoms with Gasteiger partial charge in [0.2, 0.25) is 0 Å². The summed E-state index contributed by atoms with van der Waals surface area (Å²) < 4.78 is 0. The average Bonchev–Trinajstić information content (AvgIpc) is 2.79. The van der Waals surface area contributed by atoms with Gasteiger partial charge in [-0.15, -0.1) is 0 Å². The second kappa shape index (κ2) is 13.2. The lowest BCUT2D eigenvalue weighted by Crippen LogP contribution is -2.25. The Morgan fingerprint density at radius 1 is 0.700 bits per heavy atom. The van der Waals surface area contributed by atoms with Crippen LogP contribution in [0.2, 0.25) is 0 Å². The molecule has 3 rings (SSSR count). The second-order valence-corrected chi connectivity index (χ2v) is 10.3. The third-order valence-electron chi connectivity index (χ3n) is 7.96. The van der Waals surface area contributed by atoms with Crippen LogP contribution in [0.3, 0.4) is 0 Å². The molecule has 0 bridgehead atoms. The molecule has 1 aromatic rings. The van der Waals surface area contributed by atoms with Gasteiger partial charge in [-0.3, -0.25) is 0 Å². The first-order valence-corrected chi connectivity index (χ1v) is 13.4. The molecule has 0 spiro atoms. The van der Waals surface area contributed by atoms with Crippen molar-refractivity contribution in [3.63, 3.8) is 0 Å². The Balaban J connectivity index is 1.33. The smallest absolute Gasteiger partial charge is 0.0245 e. The summed E-state index contributed by atoms with van der Waals surface area (Å²) in [6.45, 7) is 4.55. The summed E-state index contributed by atoms with van der Waals surface area (Å²) in [4.78, 5) is 0. The van der Waals surface area contributed by atoms with Crippen LogP contribution in [0.4, 0.5) is 0 Å². The Bertz CT molecular complexity index is 627. The maximum absolute atomic E-state index is 3.61. The zero-order chi connectivity index (χ0) is 21.0. The van der Waals surface area contributed by atoms with Crippen LogP contribution < -0.4 is 0 Å². The number of rotatable bonds is 9. The molecule has 2 fully saturated rings. The molecule has 166 valence electrons. The third-order valence-corrected chi connectivity index (χ3v) is 7.96. The Kier molecular flexibility index (Phi) is 10.4. The number of unbranched alkanes of at least 4 members (excludes halogenated alkanes) is 4. The summed E-state index contributed by atoms with van der Waals surface area (Å²) in [5.41, 5.74) is 2.64. The highest BCUT2D eigenvalue weighted by Gasteiger charge is 2.30. The van der Waals surface area contributed by atoms with Crippen LogP contribution in [-0.2, 0) is 6.42 Å². The quantitative estimate of drug-likeness (QED) is 0.283. The molecule has 0 radical (unpaired) electrons. The molecule has 0 nitrogen and oxygen atoms in total. The number of hydrogen-bond donors (Lipinski definition) is 0. The molecular weight excluding hydrogens is 360 g/mol. The van der Waals surface area contributed by atoms with Gasteiger partial charge < -0.3 is 0 Å². The zero-order valence-corrected chi connectivity index (χ0v) is 19.9. The minimum absolute atomic E-state index is 0.635. The van der Waals surface area contributed by atoms with E-state index in [4.69, 9.17) is 0 Å². The van der Waals surface area contributed by atoms with E-state index in [1.54, 1.807) is 0 Å². The van der Waals surface area contributed by atoms with E-state index in [2.05, 4.69) is 50.0 Å². The van der Waals surface area contributed by atoms with E-state index in [1.165, 1.54) is 114 Å². The molecule has 0 heteroatoms. The molecule has 0 heterocycles. The number of benzene rings is 1. The molecule has 0 N–H and O–H groups in total. The highest BCUT2D eigenvalue weighted by Crippen LogP contribution is 2.42. The van der Waals surface area contributed by atoms with E-state index in [0.717, 1.165) is 17.8 Å². The van der Waals surface area contributed by atoms with Gasteiger partial charge in [0, 0.05) is 11.5 Å². The van der Waals surface area contributed by atoms with Crippen LogP contribution in [0.5, 0.6) is 0 Å². The van der Waals surface area contributed by atoms with Gasteiger partial charge in [0.1, 0.15) is 0 Å². The van der Waals surface area contributed by atoms with Crippen molar-refractivity contribution < 1.29 is 0 Å². The van der Waals surface area contributed by atoms with Gasteiger partial charge in [-0.05, 0) is 80.4 Å². The molecule has 2 saturated carbocycles. The van der Waals surface area contributed by atoms with Gasteiger partial charge >= 0.3 is 0 Å². The van der Waals surface area contributed by atoms with E-state index in [0.29, 0.717) is 5.92 Å². The Morgan fingerprint density at radius 2 is 1.33 bits per heavy atom. The summed E-state index contributed by atoms with van der Waals surface area (Å²) in [7, 11) is 0. The fourth-order valence-corrected chi connectivity index (χ4v) is 5.95. The molecule has 2 aliphatic carbocycles. The normalized spacial score (nSPS) is 26.7. The van der Waals surface area contributed by atoms with Crippen LogP contribution in [0.15, 0.2) is 24.3 Å². The van der Waals surface area contributed by atoms with Crippen molar-refractivity contribution in [3.05, 3.63) is 35.4 Å². The fourth-order valence-electron chi connectivity index (χ4n) is 5.95. The van der Waals surface area contributed by atoms with Crippen molar-refractivity contribution in [1.82, 2.24) is 0 Å². The monoisotopic (exact) mass is 406 g/mol. The first-order valence-electron chi connectivity index (χ1n) is 13.4. The molecule has 0 atom stereocenters. The minimum atomic E-state index is 0.635. The van der Waals surface area contributed by atoms with Crippen LogP contribution in [0.25, 0.3) is 0 Å². The fraction of sp³-hybridized carbons (Fsp3) is 0.733. The highest BCUT2D eigenvalue weighted by atomic mass is 14.4. The van der Waals surface area contributed by atoms with Crippen LogP contribution in [0.1, 0.15) is 121 Å². The number of hydrogen-bond acceptors (Lipinski definition) is 0. The van der Waals surface area contributed by atoms with Crippen molar-refractivity contribution in [1.29, 1.82) is 0 Å². The molecule has 0 amide bonds. The first-order chi connectivity index (χ1) is 14.8. The summed E-state index contributed by atoms with van der Waals surface area (Å²) in [5, 5.41) is 0. The summed E-state index contributed by atoms with van der Waals surface area (Å²) in [6.07, 6.45) is 22.7. The van der Waals surface area contributed by atoms with Gasteiger partial charge in [0.05, 0.1) is 0 Å². The maximum atomic E-state index is 3.61. The summed E-state index contributed by atoms with van der Waals surface area (Å²) in [5.74, 6) is 10.8. The topological polar surface area (TPSA) is 0 Å². The van der Waals surface area contributed by atoms with E-state index >= 15 is 0 Å². The SMILES string of the molecule is CCCCCCC[C@H]1CC[C@H](C2CCC(C#Cc3ccc(CCC)cc3)CC2)CC1. The van der Waals surface area contributed by atoms with E-state index in [9.17, 15) is 0 Å². The molecule has 0 unspecified atom stereocenters. The van der Waals surface area contributed by atoms with E-state index < -0.39 is 0 Å². The molecular formula is C30H46. The van der Waals surface area contributed by atoms with Crippen molar-refractivity contribution in [2.75, 3.05) is 0 Å². The maximum Gasteiger partial charge on any atom is 0.0245 e. The zero-order valence-electron chi connectivity index (χ0n) is 19.9. The summed E-state index contributed by atoms with van der Waals surface area (Å²) >= 11 is 0. The predicted octanol–water partition coefficient (Wildman–Crippen LogP) is 8.96. The Hall–Kier alpha value is -1.22. The van der Waals surface area contributed by atoms with Crippen LogP contribution >= 0.6 is 0 Å². The lowest BCUT2D eigenvalue weighted by atomic mass is 9.69. The van der Waals surface area contributed by atoms with Gasteiger partial charge in [0.15, 0.2) is 0 Å². The minimum Gasteiger partial charge on any atom is -0.0945 e. The van der Waals surface area contributed by atoms with Crippen molar-refractivity contribution in [2.45, 2.75) is 117 Å². The summed E-state index contributed by atoms with van der Waals surface area (Å²) in [6, 6.07) is 8.94.